The quantitative estimate of drug-likeness (QED) is 0.627. The highest BCUT2D eigenvalue weighted by Crippen LogP contribution is 2.33. The second-order valence-corrected chi connectivity index (χ2v) is 6.04. The number of carbonyl (C=O) groups is 2. The lowest BCUT2D eigenvalue weighted by Crippen LogP contribution is -2.24. The highest BCUT2D eigenvalue weighted by atomic mass is 16.7. The predicted molar refractivity (Wildman–Crippen MR) is 83.0 cm³/mol. The summed E-state index contributed by atoms with van der Waals surface area (Å²) in [5.74, 6) is 0.178. The Labute approximate surface area is 135 Å². The van der Waals surface area contributed by atoms with E-state index >= 15 is 0 Å². The SMILES string of the molecule is COC(=O)C(=Cc1ccc2c(c1)OCO2)CC(=O)OC(C)(C)C. The smallest absolute Gasteiger partial charge is 0.334 e. The van der Waals surface area contributed by atoms with Gasteiger partial charge in [0.25, 0.3) is 0 Å². The van der Waals surface area contributed by atoms with Crippen molar-refractivity contribution in [2.45, 2.75) is 32.8 Å². The van der Waals surface area contributed by atoms with E-state index in [4.69, 9.17) is 18.9 Å². The van der Waals surface area contributed by atoms with E-state index in [1.54, 1.807) is 45.0 Å². The van der Waals surface area contributed by atoms with E-state index in [0.717, 1.165) is 0 Å². The molecule has 6 heteroatoms. The summed E-state index contributed by atoms with van der Waals surface area (Å²) in [6.45, 7) is 5.48. The van der Waals surface area contributed by atoms with Crippen LogP contribution in [0.1, 0.15) is 32.8 Å². The Morgan fingerprint density at radius 2 is 1.91 bits per heavy atom. The number of esters is 2. The largest absolute Gasteiger partial charge is 0.466 e. The third kappa shape index (κ3) is 4.74. The third-order valence-electron chi connectivity index (χ3n) is 2.94. The van der Waals surface area contributed by atoms with Crippen LogP contribution in [0, 0.1) is 0 Å². The molecule has 1 heterocycles. The Bertz CT molecular complexity index is 639. The molecule has 0 fully saturated rings. The van der Waals surface area contributed by atoms with Crippen LogP contribution >= 0.6 is 0 Å². The molecule has 1 aliphatic rings. The summed E-state index contributed by atoms with van der Waals surface area (Å²) in [5.41, 5.74) is 0.302. The summed E-state index contributed by atoms with van der Waals surface area (Å²) in [5, 5.41) is 0. The Hall–Kier alpha value is -2.50. The molecule has 1 aromatic rings. The first-order valence-corrected chi connectivity index (χ1v) is 7.19. The van der Waals surface area contributed by atoms with Crippen molar-refractivity contribution in [3.05, 3.63) is 29.3 Å². The van der Waals surface area contributed by atoms with Crippen LogP contribution in [-0.4, -0.2) is 31.4 Å². The van der Waals surface area contributed by atoms with E-state index in [1.165, 1.54) is 7.11 Å². The fourth-order valence-electron chi connectivity index (χ4n) is 2.05. The molecule has 0 saturated heterocycles. The number of hydrogen-bond acceptors (Lipinski definition) is 6. The average Bonchev–Trinajstić information content (AvgIpc) is 2.91. The van der Waals surface area contributed by atoms with Crippen molar-refractivity contribution in [1.29, 1.82) is 0 Å². The van der Waals surface area contributed by atoms with Crippen molar-refractivity contribution >= 4 is 18.0 Å². The van der Waals surface area contributed by atoms with Crippen LogP contribution in [0.15, 0.2) is 23.8 Å². The zero-order valence-corrected chi connectivity index (χ0v) is 13.7. The molecule has 124 valence electrons. The van der Waals surface area contributed by atoms with Crippen molar-refractivity contribution in [3.8, 4) is 11.5 Å². The summed E-state index contributed by atoms with van der Waals surface area (Å²) in [7, 11) is 1.27. The highest BCUT2D eigenvalue weighted by Gasteiger charge is 2.21. The molecule has 0 spiro atoms. The lowest BCUT2D eigenvalue weighted by atomic mass is 10.1. The van der Waals surface area contributed by atoms with Crippen LogP contribution in [0.25, 0.3) is 6.08 Å². The lowest BCUT2D eigenvalue weighted by molar-refractivity contribution is -0.155. The molecule has 0 atom stereocenters. The van der Waals surface area contributed by atoms with Crippen LogP contribution < -0.4 is 9.47 Å². The number of carbonyl (C=O) groups excluding carboxylic acids is 2. The standard InChI is InChI=1S/C17H20O6/c1-17(2,3)23-15(18)9-12(16(19)20-4)7-11-5-6-13-14(8-11)22-10-21-13/h5-8H,9-10H2,1-4H3. The van der Waals surface area contributed by atoms with Gasteiger partial charge < -0.3 is 18.9 Å². The zero-order chi connectivity index (χ0) is 17.0. The van der Waals surface area contributed by atoms with Gasteiger partial charge in [-0.2, -0.15) is 0 Å². The molecular formula is C17H20O6. The van der Waals surface area contributed by atoms with E-state index in [9.17, 15) is 9.59 Å². The molecule has 0 aliphatic carbocycles. The summed E-state index contributed by atoms with van der Waals surface area (Å²) in [6, 6.07) is 5.25. The molecule has 2 rings (SSSR count). The van der Waals surface area contributed by atoms with Crippen molar-refractivity contribution in [3.63, 3.8) is 0 Å². The van der Waals surface area contributed by atoms with E-state index in [-0.39, 0.29) is 18.8 Å². The molecule has 0 bridgehead atoms. The lowest BCUT2D eigenvalue weighted by Gasteiger charge is -2.19. The normalized spacial score (nSPS) is 13.7. The van der Waals surface area contributed by atoms with Gasteiger partial charge in [-0.15, -0.1) is 0 Å². The summed E-state index contributed by atoms with van der Waals surface area (Å²) < 4.78 is 20.5. The van der Waals surface area contributed by atoms with E-state index in [2.05, 4.69) is 0 Å². The minimum absolute atomic E-state index is 0.168. The van der Waals surface area contributed by atoms with Gasteiger partial charge in [-0.25, -0.2) is 4.79 Å². The van der Waals surface area contributed by atoms with Crippen LogP contribution in [0.3, 0.4) is 0 Å². The molecule has 1 aliphatic heterocycles. The minimum atomic E-state index is -0.614. The molecule has 0 radical (unpaired) electrons. The first-order chi connectivity index (χ1) is 10.8. The molecule has 0 amide bonds. The monoisotopic (exact) mass is 320 g/mol. The van der Waals surface area contributed by atoms with Crippen LogP contribution in [0.2, 0.25) is 0 Å². The second kappa shape index (κ2) is 6.73. The van der Waals surface area contributed by atoms with Crippen molar-refractivity contribution < 1.29 is 28.5 Å². The van der Waals surface area contributed by atoms with Crippen molar-refractivity contribution in [1.82, 2.24) is 0 Å². The molecule has 23 heavy (non-hydrogen) atoms. The van der Waals surface area contributed by atoms with Gasteiger partial charge in [0.15, 0.2) is 11.5 Å². The molecule has 0 aromatic heterocycles. The third-order valence-corrected chi connectivity index (χ3v) is 2.94. The fraction of sp³-hybridized carbons (Fsp3) is 0.412. The van der Waals surface area contributed by atoms with Gasteiger partial charge in [0, 0.05) is 5.57 Å². The maximum absolute atomic E-state index is 12.0. The van der Waals surface area contributed by atoms with Crippen molar-refractivity contribution in [2.24, 2.45) is 0 Å². The highest BCUT2D eigenvalue weighted by molar-refractivity contribution is 5.98. The van der Waals surface area contributed by atoms with Crippen molar-refractivity contribution in [2.75, 3.05) is 13.9 Å². The first kappa shape index (κ1) is 16.9. The molecule has 1 aromatic carbocycles. The Morgan fingerprint density at radius 3 is 2.57 bits per heavy atom. The number of ether oxygens (including phenoxy) is 4. The Morgan fingerprint density at radius 1 is 1.22 bits per heavy atom. The first-order valence-electron chi connectivity index (χ1n) is 7.19. The van der Waals surface area contributed by atoms with E-state index in [0.29, 0.717) is 17.1 Å². The number of hydrogen-bond donors (Lipinski definition) is 0. The van der Waals surface area contributed by atoms with E-state index in [1.807, 2.05) is 0 Å². The zero-order valence-electron chi connectivity index (χ0n) is 13.7. The Balaban J connectivity index is 2.21. The van der Waals surface area contributed by atoms with Gasteiger partial charge in [-0.1, -0.05) is 6.07 Å². The van der Waals surface area contributed by atoms with Gasteiger partial charge >= 0.3 is 11.9 Å². The van der Waals surface area contributed by atoms with E-state index < -0.39 is 17.5 Å². The number of benzene rings is 1. The summed E-state index contributed by atoms with van der Waals surface area (Å²) in [6.07, 6.45) is 1.41. The van der Waals surface area contributed by atoms with Crippen LogP contribution in [0.4, 0.5) is 0 Å². The predicted octanol–water partition coefficient (Wildman–Crippen LogP) is 2.70. The molecular weight excluding hydrogens is 300 g/mol. The number of methoxy groups -OCH3 is 1. The molecule has 0 saturated carbocycles. The average molecular weight is 320 g/mol. The summed E-state index contributed by atoms with van der Waals surface area (Å²) >= 11 is 0. The number of rotatable bonds is 4. The van der Waals surface area contributed by atoms with Crippen LogP contribution in [0.5, 0.6) is 11.5 Å². The second-order valence-electron chi connectivity index (χ2n) is 6.04. The molecule has 0 unspecified atom stereocenters. The maximum Gasteiger partial charge on any atom is 0.334 e. The van der Waals surface area contributed by atoms with Gasteiger partial charge in [-0.3, -0.25) is 4.79 Å². The summed E-state index contributed by atoms with van der Waals surface area (Å²) in [4.78, 5) is 23.8. The topological polar surface area (TPSA) is 71.1 Å². The van der Waals surface area contributed by atoms with Gasteiger partial charge in [0.05, 0.1) is 13.5 Å². The minimum Gasteiger partial charge on any atom is -0.466 e. The molecule has 0 N–H and O–H groups in total. The number of fused-ring (bicyclic) bond motifs is 1. The van der Waals surface area contributed by atoms with Crippen LogP contribution in [-0.2, 0) is 19.1 Å². The van der Waals surface area contributed by atoms with Gasteiger partial charge in [0.2, 0.25) is 6.79 Å². The van der Waals surface area contributed by atoms with Gasteiger partial charge in [0.1, 0.15) is 5.60 Å². The maximum atomic E-state index is 12.0. The fourth-order valence-corrected chi connectivity index (χ4v) is 2.05. The van der Waals surface area contributed by atoms with Gasteiger partial charge in [-0.05, 0) is 44.5 Å². The molecule has 6 nitrogen and oxygen atoms in total. The Kier molecular flexibility index (Phi) is 4.93.